The van der Waals surface area contributed by atoms with Crippen LogP contribution in [0.5, 0.6) is 17.2 Å². The van der Waals surface area contributed by atoms with Gasteiger partial charge in [0.15, 0.2) is 17.3 Å². The molecule has 0 amide bonds. The Hall–Kier alpha value is -1.80. The standard InChI is InChI=1S/C27H41NO6S/c1-32-24-15-20(16-25(33-2)27(24)34-3)11-7-8-12-23(29)26-21-13-14-22(17-21)28(26)35(30,31)18-19-9-5-4-6-10-19/h15-16,19,21-22,26H,4-14,17-18H2,1-3H3. The molecular weight excluding hydrogens is 466 g/mol. The lowest BCUT2D eigenvalue weighted by Gasteiger charge is -2.35. The summed E-state index contributed by atoms with van der Waals surface area (Å²) >= 11 is 0. The Balaban J connectivity index is 1.35. The monoisotopic (exact) mass is 507 g/mol. The van der Waals surface area contributed by atoms with Crippen molar-refractivity contribution in [3.63, 3.8) is 0 Å². The van der Waals surface area contributed by atoms with Crippen LogP contribution in [-0.2, 0) is 21.2 Å². The van der Waals surface area contributed by atoms with Gasteiger partial charge in [-0.3, -0.25) is 4.79 Å². The second-order valence-corrected chi connectivity index (χ2v) is 12.4. The van der Waals surface area contributed by atoms with E-state index < -0.39 is 16.1 Å². The number of nitrogens with zero attached hydrogens (tertiary/aromatic N) is 1. The molecule has 3 unspecified atom stereocenters. The number of Topliss-reactive ketones (excluding diaryl/α,β-unsaturated/α-hetero) is 1. The molecule has 1 aromatic rings. The Morgan fingerprint density at radius 2 is 1.63 bits per heavy atom. The number of ether oxygens (including phenoxy) is 3. The van der Waals surface area contributed by atoms with Gasteiger partial charge in [-0.15, -0.1) is 0 Å². The van der Waals surface area contributed by atoms with E-state index in [4.69, 9.17) is 14.2 Å². The fourth-order valence-corrected chi connectivity index (χ4v) is 8.93. The van der Waals surface area contributed by atoms with Gasteiger partial charge in [0, 0.05) is 12.5 Å². The normalized spacial score (nSPS) is 25.1. The third kappa shape index (κ3) is 5.79. The van der Waals surface area contributed by atoms with Crippen molar-refractivity contribution >= 4 is 15.8 Å². The molecule has 1 heterocycles. The summed E-state index contributed by atoms with van der Waals surface area (Å²) in [7, 11) is 1.38. The highest BCUT2D eigenvalue weighted by Crippen LogP contribution is 2.45. The molecule has 1 aromatic carbocycles. The number of benzene rings is 1. The van der Waals surface area contributed by atoms with Gasteiger partial charge in [0.2, 0.25) is 15.8 Å². The molecule has 1 aliphatic heterocycles. The summed E-state index contributed by atoms with van der Waals surface area (Å²) in [6.07, 6.45) is 11.0. The van der Waals surface area contributed by atoms with Crippen molar-refractivity contribution in [1.29, 1.82) is 0 Å². The molecule has 2 saturated carbocycles. The maximum Gasteiger partial charge on any atom is 0.215 e. The van der Waals surface area contributed by atoms with Crippen molar-refractivity contribution in [3.8, 4) is 17.2 Å². The minimum absolute atomic E-state index is 0.0294. The summed E-state index contributed by atoms with van der Waals surface area (Å²) in [6.45, 7) is 0. The molecule has 3 aliphatic rings. The van der Waals surface area contributed by atoms with Crippen molar-refractivity contribution < 1.29 is 27.4 Å². The van der Waals surface area contributed by atoms with Crippen LogP contribution in [0.3, 0.4) is 0 Å². The summed E-state index contributed by atoms with van der Waals surface area (Å²) in [5, 5.41) is 0. The van der Waals surface area contributed by atoms with Crippen LogP contribution in [0.2, 0.25) is 0 Å². The number of piperidine rings is 1. The predicted octanol–water partition coefficient (Wildman–Crippen LogP) is 4.76. The Morgan fingerprint density at radius 3 is 2.26 bits per heavy atom. The number of fused-ring (bicyclic) bond motifs is 2. The van der Waals surface area contributed by atoms with E-state index >= 15 is 0 Å². The Bertz CT molecular complexity index is 962. The maximum atomic E-state index is 13.4. The smallest absolute Gasteiger partial charge is 0.215 e. The molecule has 0 N–H and O–H groups in total. The van der Waals surface area contributed by atoms with Crippen molar-refractivity contribution in [1.82, 2.24) is 4.31 Å². The van der Waals surface area contributed by atoms with E-state index in [1.165, 1.54) is 6.42 Å². The zero-order valence-corrected chi connectivity index (χ0v) is 22.3. The molecule has 35 heavy (non-hydrogen) atoms. The number of hydrogen-bond acceptors (Lipinski definition) is 6. The fraction of sp³-hybridized carbons (Fsp3) is 0.741. The first-order valence-corrected chi connectivity index (χ1v) is 14.8. The number of sulfonamides is 1. The van der Waals surface area contributed by atoms with Crippen LogP contribution in [-0.4, -0.2) is 57.7 Å². The number of aryl methyl sites for hydroxylation is 1. The molecule has 3 atom stereocenters. The number of rotatable bonds is 12. The average molecular weight is 508 g/mol. The summed E-state index contributed by atoms with van der Waals surface area (Å²) in [6, 6.07) is 3.47. The second kappa shape index (κ2) is 11.5. The first-order valence-electron chi connectivity index (χ1n) is 13.2. The zero-order chi connectivity index (χ0) is 25.0. The minimum atomic E-state index is -3.41. The quantitative estimate of drug-likeness (QED) is 0.380. The van der Waals surface area contributed by atoms with Gasteiger partial charge >= 0.3 is 0 Å². The van der Waals surface area contributed by atoms with E-state index in [0.717, 1.165) is 69.8 Å². The Kier molecular flexibility index (Phi) is 8.63. The lowest BCUT2D eigenvalue weighted by molar-refractivity contribution is -0.124. The Labute approximate surface area is 210 Å². The molecule has 0 radical (unpaired) electrons. The van der Waals surface area contributed by atoms with Gasteiger partial charge in [-0.25, -0.2) is 8.42 Å². The molecule has 8 heteroatoms. The number of methoxy groups -OCH3 is 3. The third-order valence-electron chi connectivity index (χ3n) is 8.21. The minimum Gasteiger partial charge on any atom is -0.493 e. The lowest BCUT2D eigenvalue weighted by Crippen LogP contribution is -2.50. The van der Waals surface area contributed by atoms with Gasteiger partial charge in [-0.05, 0) is 80.9 Å². The molecule has 1 saturated heterocycles. The summed E-state index contributed by atoms with van der Waals surface area (Å²) in [5.41, 5.74) is 1.06. The predicted molar refractivity (Wildman–Crippen MR) is 136 cm³/mol. The van der Waals surface area contributed by atoms with Crippen LogP contribution in [0, 0.1) is 11.8 Å². The topological polar surface area (TPSA) is 82.1 Å². The molecule has 2 aliphatic carbocycles. The number of ketones is 1. The highest BCUT2D eigenvalue weighted by atomic mass is 32.2. The van der Waals surface area contributed by atoms with E-state index in [-0.39, 0.29) is 29.4 Å². The van der Waals surface area contributed by atoms with Crippen LogP contribution >= 0.6 is 0 Å². The van der Waals surface area contributed by atoms with Crippen LogP contribution in [0.1, 0.15) is 76.2 Å². The first kappa shape index (κ1) is 26.3. The number of carbonyl (C=O) groups is 1. The molecule has 7 nitrogen and oxygen atoms in total. The van der Waals surface area contributed by atoms with Gasteiger partial charge in [0.05, 0.1) is 33.1 Å². The van der Waals surface area contributed by atoms with Gasteiger partial charge in [0.25, 0.3) is 0 Å². The van der Waals surface area contributed by atoms with Gasteiger partial charge < -0.3 is 14.2 Å². The molecule has 4 rings (SSSR count). The largest absolute Gasteiger partial charge is 0.493 e. The first-order chi connectivity index (χ1) is 16.9. The number of hydrogen-bond donors (Lipinski definition) is 0. The van der Waals surface area contributed by atoms with Gasteiger partial charge in [0.1, 0.15) is 0 Å². The van der Waals surface area contributed by atoms with Gasteiger partial charge in [-0.1, -0.05) is 19.3 Å². The van der Waals surface area contributed by atoms with Crippen molar-refractivity contribution in [2.45, 2.75) is 89.1 Å². The van der Waals surface area contributed by atoms with E-state index in [0.29, 0.717) is 23.7 Å². The second-order valence-electron chi connectivity index (χ2n) is 10.5. The van der Waals surface area contributed by atoms with Crippen LogP contribution in [0.25, 0.3) is 0 Å². The molecule has 3 fully saturated rings. The fourth-order valence-electron chi connectivity index (χ4n) is 6.54. The van der Waals surface area contributed by atoms with E-state index in [2.05, 4.69) is 0 Å². The van der Waals surface area contributed by atoms with Gasteiger partial charge in [-0.2, -0.15) is 4.31 Å². The molecule has 196 valence electrons. The van der Waals surface area contributed by atoms with E-state index in [1.54, 1.807) is 25.6 Å². The van der Waals surface area contributed by atoms with Crippen LogP contribution in [0.15, 0.2) is 12.1 Å². The van der Waals surface area contributed by atoms with Crippen molar-refractivity contribution in [3.05, 3.63) is 17.7 Å². The van der Waals surface area contributed by atoms with Crippen molar-refractivity contribution in [2.75, 3.05) is 27.1 Å². The summed E-state index contributed by atoms with van der Waals surface area (Å²) < 4.78 is 44.8. The molecular formula is C27H41NO6S. The Morgan fingerprint density at radius 1 is 0.943 bits per heavy atom. The van der Waals surface area contributed by atoms with E-state index in [1.807, 2.05) is 12.1 Å². The zero-order valence-electron chi connectivity index (χ0n) is 21.5. The highest BCUT2D eigenvalue weighted by molar-refractivity contribution is 7.89. The number of carbonyl (C=O) groups excluding carboxylic acids is 1. The molecule has 0 spiro atoms. The highest BCUT2D eigenvalue weighted by Gasteiger charge is 2.53. The molecule has 0 aromatic heterocycles. The van der Waals surface area contributed by atoms with Crippen LogP contribution < -0.4 is 14.2 Å². The summed E-state index contributed by atoms with van der Waals surface area (Å²) in [4.78, 5) is 13.3. The lowest BCUT2D eigenvalue weighted by atomic mass is 9.91. The van der Waals surface area contributed by atoms with E-state index in [9.17, 15) is 13.2 Å². The molecule has 2 bridgehead atoms. The maximum absolute atomic E-state index is 13.4. The van der Waals surface area contributed by atoms with Crippen LogP contribution in [0.4, 0.5) is 0 Å². The average Bonchev–Trinajstić information content (AvgIpc) is 3.48. The summed E-state index contributed by atoms with van der Waals surface area (Å²) in [5.74, 6) is 2.60. The van der Waals surface area contributed by atoms with Crippen molar-refractivity contribution in [2.24, 2.45) is 11.8 Å². The third-order valence-corrected chi connectivity index (χ3v) is 10.3. The number of unbranched alkanes of at least 4 members (excludes halogenated alkanes) is 1. The SMILES string of the molecule is COc1cc(CCCCC(=O)C2C3CCC(C3)N2S(=O)(=O)CC2CCCCC2)cc(OC)c1OC.